The SMILES string of the molecule is CC(OCl)(C1=CC=CC1)C1=CC=CC1. The monoisotopic (exact) mass is 208 g/mol. The average Bonchev–Trinajstić information content (AvgIpc) is 2.88. The second kappa shape index (κ2) is 3.76. The maximum absolute atomic E-state index is 5.63. The van der Waals surface area contributed by atoms with Crippen molar-refractivity contribution in [3.63, 3.8) is 0 Å². The molecule has 0 radical (unpaired) electrons. The molecular formula is C12H13ClO. The van der Waals surface area contributed by atoms with E-state index in [1.54, 1.807) is 0 Å². The molecule has 0 aromatic rings. The number of allylic oxidation sites excluding steroid dienone is 6. The van der Waals surface area contributed by atoms with Crippen LogP contribution in [0.25, 0.3) is 0 Å². The Kier molecular flexibility index (Phi) is 2.62. The van der Waals surface area contributed by atoms with Crippen molar-refractivity contribution in [2.45, 2.75) is 25.4 Å². The zero-order valence-electron chi connectivity index (χ0n) is 8.16. The minimum Gasteiger partial charge on any atom is -0.264 e. The van der Waals surface area contributed by atoms with Crippen molar-refractivity contribution in [1.29, 1.82) is 0 Å². The Bertz CT molecular complexity index is 317. The van der Waals surface area contributed by atoms with Crippen LogP contribution >= 0.6 is 11.9 Å². The van der Waals surface area contributed by atoms with Crippen molar-refractivity contribution < 1.29 is 4.29 Å². The molecule has 0 aliphatic heterocycles. The molecule has 0 fully saturated rings. The first-order chi connectivity index (χ1) is 6.77. The summed E-state index contributed by atoms with van der Waals surface area (Å²) in [6.07, 6.45) is 14.4. The summed E-state index contributed by atoms with van der Waals surface area (Å²) in [6, 6.07) is 0. The van der Waals surface area contributed by atoms with Crippen molar-refractivity contribution in [3.05, 3.63) is 47.6 Å². The first-order valence-electron chi connectivity index (χ1n) is 4.79. The molecular weight excluding hydrogens is 196 g/mol. The van der Waals surface area contributed by atoms with Crippen LogP contribution in [0, 0.1) is 0 Å². The lowest BCUT2D eigenvalue weighted by Crippen LogP contribution is -2.29. The van der Waals surface area contributed by atoms with Gasteiger partial charge in [-0.15, -0.1) is 0 Å². The molecule has 0 bridgehead atoms. The number of hydrogen-bond acceptors (Lipinski definition) is 1. The van der Waals surface area contributed by atoms with Crippen LogP contribution in [0.1, 0.15) is 19.8 Å². The minimum absolute atomic E-state index is 0.436. The molecule has 2 rings (SSSR count). The molecule has 0 N–H and O–H groups in total. The van der Waals surface area contributed by atoms with Crippen molar-refractivity contribution >= 4 is 11.9 Å². The normalized spacial score (nSPS) is 20.1. The summed E-state index contributed by atoms with van der Waals surface area (Å²) in [4.78, 5) is 0. The lowest BCUT2D eigenvalue weighted by atomic mass is 9.86. The largest absolute Gasteiger partial charge is 0.264 e. The molecule has 2 aliphatic rings. The summed E-state index contributed by atoms with van der Waals surface area (Å²) < 4.78 is 5.16. The van der Waals surface area contributed by atoms with Crippen molar-refractivity contribution in [3.8, 4) is 0 Å². The zero-order chi connectivity index (χ0) is 10.0. The van der Waals surface area contributed by atoms with Crippen LogP contribution in [0.4, 0.5) is 0 Å². The Hall–Kier alpha value is -0.790. The number of halogens is 1. The highest BCUT2D eigenvalue weighted by Crippen LogP contribution is 2.38. The van der Waals surface area contributed by atoms with Gasteiger partial charge in [0.1, 0.15) is 5.60 Å². The third-order valence-corrected chi connectivity index (χ3v) is 3.23. The minimum atomic E-state index is -0.436. The number of rotatable bonds is 3. The van der Waals surface area contributed by atoms with Gasteiger partial charge in [0.2, 0.25) is 0 Å². The van der Waals surface area contributed by atoms with Gasteiger partial charge in [0.25, 0.3) is 0 Å². The summed E-state index contributed by atoms with van der Waals surface area (Å²) >= 11 is 5.63. The van der Waals surface area contributed by atoms with E-state index >= 15 is 0 Å². The predicted octanol–water partition coefficient (Wildman–Crippen LogP) is 3.69. The topological polar surface area (TPSA) is 9.23 Å². The van der Waals surface area contributed by atoms with Gasteiger partial charge in [0.05, 0.1) is 11.9 Å². The van der Waals surface area contributed by atoms with E-state index < -0.39 is 5.60 Å². The van der Waals surface area contributed by atoms with E-state index in [1.807, 2.05) is 19.1 Å². The van der Waals surface area contributed by atoms with Crippen LogP contribution in [-0.2, 0) is 4.29 Å². The van der Waals surface area contributed by atoms with Gasteiger partial charge < -0.3 is 0 Å². The predicted molar refractivity (Wildman–Crippen MR) is 59.0 cm³/mol. The maximum Gasteiger partial charge on any atom is 0.130 e. The zero-order valence-corrected chi connectivity index (χ0v) is 8.92. The molecule has 2 aliphatic carbocycles. The highest BCUT2D eigenvalue weighted by Gasteiger charge is 2.34. The molecule has 0 unspecified atom stereocenters. The van der Waals surface area contributed by atoms with Crippen LogP contribution in [0.5, 0.6) is 0 Å². The maximum atomic E-state index is 5.63. The fraction of sp³-hybridized carbons (Fsp3) is 0.333. The summed E-state index contributed by atoms with van der Waals surface area (Å²) in [5.41, 5.74) is 2.01. The molecule has 0 aromatic heterocycles. The molecule has 0 saturated carbocycles. The van der Waals surface area contributed by atoms with Crippen LogP contribution < -0.4 is 0 Å². The fourth-order valence-corrected chi connectivity index (χ4v) is 2.11. The third kappa shape index (κ3) is 1.47. The van der Waals surface area contributed by atoms with E-state index in [4.69, 9.17) is 16.2 Å². The molecule has 2 heteroatoms. The first-order valence-corrected chi connectivity index (χ1v) is 5.10. The van der Waals surface area contributed by atoms with E-state index in [9.17, 15) is 0 Å². The van der Waals surface area contributed by atoms with E-state index in [1.165, 1.54) is 11.1 Å². The second-order valence-corrected chi connectivity index (χ2v) is 3.91. The lowest BCUT2D eigenvalue weighted by Gasteiger charge is -2.29. The quantitative estimate of drug-likeness (QED) is 0.688. The van der Waals surface area contributed by atoms with Crippen molar-refractivity contribution in [2.24, 2.45) is 0 Å². The van der Waals surface area contributed by atoms with Crippen molar-refractivity contribution in [1.82, 2.24) is 0 Å². The first kappa shape index (κ1) is 9.75. The molecule has 0 saturated heterocycles. The van der Waals surface area contributed by atoms with Gasteiger partial charge in [-0.25, -0.2) is 0 Å². The van der Waals surface area contributed by atoms with E-state index in [0.717, 1.165) is 12.8 Å². The average molecular weight is 209 g/mol. The van der Waals surface area contributed by atoms with Gasteiger partial charge in [0, 0.05) is 0 Å². The van der Waals surface area contributed by atoms with Crippen molar-refractivity contribution in [2.75, 3.05) is 0 Å². The van der Waals surface area contributed by atoms with Crippen LogP contribution in [-0.4, -0.2) is 5.60 Å². The Morgan fingerprint density at radius 1 is 1.14 bits per heavy atom. The molecule has 0 atom stereocenters. The molecule has 14 heavy (non-hydrogen) atoms. The van der Waals surface area contributed by atoms with Gasteiger partial charge >= 0.3 is 0 Å². The molecule has 0 aromatic carbocycles. The summed E-state index contributed by atoms with van der Waals surface area (Å²) in [6.45, 7) is 2.03. The molecule has 74 valence electrons. The lowest BCUT2D eigenvalue weighted by molar-refractivity contribution is 0.182. The van der Waals surface area contributed by atoms with Crippen LogP contribution in [0.3, 0.4) is 0 Å². The summed E-state index contributed by atoms with van der Waals surface area (Å²) in [5.74, 6) is 0. The molecule has 1 nitrogen and oxygen atoms in total. The van der Waals surface area contributed by atoms with Gasteiger partial charge in [-0.1, -0.05) is 36.5 Å². The summed E-state index contributed by atoms with van der Waals surface area (Å²) in [5, 5.41) is 0. The van der Waals surface area contributed by atoms with E-state index in [-0.39, 0.29) is 0 Å². The van der Waals surface area contributed by atoms with Gasteiger partial charge in [-0.05, 0) is 30.9 Å². The Morgan fingerprint density at radius 2 is 1.64 bits per heavy atom. The smallest absolute Gasteiger partial charge is 0.130 e. The highest BCUT2D eigenvalue weighted by atomic mass is 35.5. The van der Waals surface area contributed by atoms with Gasteiger partial charge in [-0.3, -0.25) is 4.29 Å². The third-order valence-electron chi connectivity index (χ3n) is 2.92. The van der Waals surface area contributed by atoms with E-state index in [2.05, 4.69) is 24.3 Å². The Morgan fingerprint density at radius 3 is 1.93 bits per heavy atom. The van der Waals surface area contributed by atoms with E-state index in [0.29, 0.717) is 0 Å². The van der Waals surface area contributed by atoms with Crippen LogP contribution in [0.2, 0.25) is 0 Å². The highest BCUT2D eigenvalue weighted by molar-refractivity contribution is 6.08. The van der Waals surface area contributed by atoms with Crippen LogP contribution in [0.15, 0.2) is 47.6 Å². The van der Waals surface area contributed by atoms with Gasteiger partial charge in [0.15, 0.2) is 0 Å². The Balaban J connectivity index is 2.25. The second-order valence-electron chi connectivity index (χ2n) is 3.76. The Labute approximate surface area is 89.6 Å². The molecule has 0 amide bonds. The summed E-state index contributed by atoms with van der Waals surface area (Å²) in [7, 11) is 0. The number of hydrogen-bond donors (Lipinski definition) is 0. The molecule has 0 spiro atoms. The standard InChI is InChI=1S/C12H13ClO/c1-12(14-13,10-6-2-3-7-10)11-8-4-5-9-11/h2-6,8H,7,9H2,1H3. The van der Waals surface area contributed by atoms with Gasteiger partial charge in [-0.2, -0.15) is 0 Å². The fourth-order valence-electron chi connectivity index (χ4n) is 1.91. The molecule has 0 heterocycles.